The highest BCUT2D eigenvalue weighted by molar-refractivity contribution is 5.26. The average molecular weight is 284 g/mol. The van der Waals surface area contributed by atoms with Gasteiger partial charge in [0.2, 0.25) is 0 Å². The number of ether oxygens (including phenoxy) is 3. The van der Waals surface area contributed by atoms with Crippen LogP contribution in [0, 0.1) is 0 Å². The van der Waals surface area contributed by atoms with Crippen LogP contribution < -0.4 is 4.74 Å². The van der Waals surface area contributed by atoms with E-state index in [1.807, 2.05) is 24.3 Å². The minimum atomic E-state index is -1.14. The Hall–Kier alpha value is -1.18. The van der Waals surface area contributed by atoms with E-state index in [4.69, 9.17) is 19.3 Å². The third-order valence-corrected chi connectivity index (χ3v) is 3.34. The highest BCUT2D eigenvalue weighted by Gasteiger charge is 2.36. The molecule has 4 atom stereocenters. The molecule has 1 saturated heterocycles. The quantitative estimate of drug-likeness (QED) is 0.707. The zero-order valence-electron chi connectivity index (χ0n) is 11.3. The third kappa shape index (κ3) is 3.68. The number of hydrogen-bond donors (Lipinski definition) is 3. The molecule has 1 heterocycles. The van der Waals surface area contributed by atoms with Crippen LogP contribution in [0.3, 0.4) is 0 Å². The van der Waals surface area contributed by atoms with Crippen LogP contribution in [0.2, 0.25) is 0 Å². The van der Waals surface area contributed by atoms with Gasteiger partial charge >= 0.3 is 0 Å². The first-order valence-corrected chi connectivity index (χ1v) is 6.51. The first kappa shape index (κ1) is 15.2. The first-order valence-electron chi connectivity index (χ1n) is 6.51. The van der Waals surface area contributed by atoms with E-state index in [1.54, 1.807) is 7.11 Å². The van der Waals surface area contributed by atoms with Crippen molar-refractivity contribution in [2.45, 2.75) is 37.6 Å². The van der Waals surface area contributed by atoms with E-state index in [2.05, 4.69) is 0 Å². The van der Waals surface area contributed by atoms with Crippen LogP contribution in [0.15, 0.2) is 24.3 Å². The largest absolute Gasteiger partial charge is 0.497 e. The van der Waals surface area contributed by atoms with Gasteiger partial charge < -0.3 is 29.5 Å². The summed E-state index contributed by atoms with van der Waals surface area (Å²) in [6.45, 7) is -0.0327. The van der Waals surface area contributed by atoms with Crippen molar-refractivity contribution >= 4 is 0 Å². The molecule has 2 rings (SSSR count). The Balaban J connectivity index is 1.86. The summed E-state index contributed by atoms with van der Waals surface area (Å²) in [5, 5.41) is 28.5. The Labute approximate surface area is 117 Å². The molecule has 1 aliphatic rings. The van der Waals surface area contributed by atoms with Crippen LogP contribution in [-0.2, 0) is 16.1 Å². The second-order valence-corrected chi connectivity index (χ2v) is 4.75. The van der Waals surface area contributed by atoms with E-state index in [0.29, 0.717) is 6.61 Å². The predicted octanol–water partition coefficient (Wildman–Crippen LogP) is 0.0409. The smallest absolute Gasteiger partial charge is 0.181 e. The predicted molar refractivity (Wildman–Crippen MR) is 70.2 cm³/mol. The fraction of sp³-hybridized carbons (Fsp3) is 0.571. The van der Waals surface area contributed by atoms with Crippen LogP contribution in [-0.4, -0.2) is 53.6 Å². The highest BCUT2D eigenvalue weighted by Crippen LogP contribution is 2.22. The molecule has 6 nitrogen and oxygen atoms in total. The van der Waals surface area contributed by atoms with Gasteiger partial charge in [0.15, 0.2) is 6.29 Å². The molecule has 0 radical (unpaired) electrons. The van der Waals surface area contributed by atoms with Gasteiger partial charge in [0.1, 0.15) is 18.0 Å². The fourth-order valence-electron chi connectivity index (χ4n) is 2.10. The molecule has 6 heteroatoms. The second kappa shape index (κ2) is 7.01. The molecule has 112 valence electrons. The van der Waals surface area contributed by atoms with Crippen molar-refractivity contribution in [1.82, 2.24) is 0 Å². The van der Waals surface area contributed by atoms with E-state index >= 15 is 0 Å². The Bertz CT molecular complexity index is 407. The van der Waals surface area contributed by atoms with Gasteiger partial charge in [-0.3, -0.25) is 0 Å². The minimum absolute atomic E-state index is 0.225. The zero-order valence-corrected chi connectivity index (χ0v) is 11.3. The number of aliphatic hydroxyl groups is 3. The molecule has 0 amide bonds. The van der Waals surface area contributed by atoms with Crippen LogP contribution >= 0.6 is 0 Å². The Kier molecular flexibility index (Phi) is 5.33. The molecule has 3 N–H and O–H groups in total. The van der Waals surface area contributed by atoms with Gasteiger partial charge in [-0.1, -0.05) is 12.1 Å². The third-order valence-electron chi connectivity index (χ3n) is 3.34. The van der Waals surface area contributed by atoms with Crippen molar-refractivity contribution in [3.8, 4) is 5.75 Å². The average Bonchev–Trinajstić information content (AvgIpc) is 2.48. The van der Waals surface area contributed by atoms with Crippen LogP contribution in [0.25, 0.3) is 0 Å². The van der Waals surface area contributed by atoms with Crippen molar-refractivity contribution in [2.75, 3.05) is 13.7 Å². The lowest BCUT2D eigenvalue weighted by molar-refractivity contribution is -0.263. The lowest BCUT2D eigenvalue weighted by atomic mass is 10.0. The van der Waals surface area contributed by atoms with E-state index in [9.17, 15) is 10.2 Å². The van der Waals surface area contributed by atoms with Crippen molar-refractivity contribution in [2.24, 2.45) is 0 Å². The maximum absolute atomic E-state index is 9.76. The molecular formula is C14H20O6. The van der Waals surface area contributed by atoms with E-state index in [0.717, 1.165) is 11.3 Å². The van der Waals surface area contributed by atoms with Gasteiger partial charge in [0, 0.05) is 6.42 Å². The first-order chi connectivity index (χ1) is 9.63. The number of benzene rings is 1. The molecule has 0 aliphatic carbocycles. The maximum atomic E-state index is 9.76. The van der Waals surface area contributed by atoms with Crippen LogP contribution in [0.1, 0.15) is 12.0 Å². The molecule has 0 aromatic heterocycles. The summed E-state index contributed by atoms with van der Waals surface area (Å²) in [6, 6.07) is 7.37. The molecule has 0 unspecified atom stereocenters. The van der Waals surface area contributed by atoms with Crippen LogP contribution in [0.4, 0.5) is 0 Å². The van der Waals surface area contributed by atoms with Crippen molar-refractivity contribution in [3.05, 3.63) is 29.8 Å². The normalized spacial score (nSPS) is 30.2. The van der Waals surface area contributed by atoms with Gasteiger partial charge in [-0.25, -0.2) is 0 Å². The summed E-state index contributed by atoms with van der Waals surface area (Å²) in [5.41, 5.74) is 0.928. The standard InChI is InChI=1S/C14H20O6/c1-18-10-4-2-9(3-5-10)8-19-12-6-11(16)13(7-15)20-14(12)17/h2-5,11-17H,6-8H2,1H3/t11-,12-,13+,14-/m0/s1. The number of rotatable bonds is 5. The van der Waals surface area contributed by atoms with Crippen LogP contribution in [0.5, 0.6) is 5.75 Å². The number of aliphatic hydroxyl groups excluding tert-OH is 3. The monoisotopic (exact) mass is 284 g/mol. The van der Waals surface area contributed by atoms with Crippen molar-refractivity contribution in [3.63, 3.8) is 0 Å². The molecule has 1 aromatic rings. The van der Waals surface area contributed by atoms with Crippen molar-refractivity contribution in [1.29, 1.82) is 0 Å². The van der Waals surface area contributed by atoms with E-state index < -0.39 is 24.6 Å². The lowest BCUT2D eigenvalue weighted by Gasteiger charge is -2.36. The zero-order chi connectivity index (χ0) is 14.5. The Morgan fingerprint density at radius 1 is 1.25 bits per heavy atom. The van der Waals surface area contributed by atoms with Gasteiger partial charge in [0.25, 0.3) is 0 Å². The molecule has 1 fully saturated rings. The second-order valence-electron chi connectivity index (χ2n) is 4.75. The fourth-order valence-corrected chi connectivity index (χ4v) is 2.10. The Morgan fingerprint density at radius 2 is 1.95 bits per heavy atom. The van der Waals surface area contributed by atoms with Gasteiger partial charge in [-0.15, -0.1) is 0 Å². The molecule has 0 saturated carbocycles. The minimum Gasteiger partial charge on any atom is -0.497 e. The highest BCUT2D eigenvalue weighted by atomic mass is 16.6. The molecule has 20 heavy (non-hydrogen) atoms. The molecule has 0 bridgehead atoms. The van der Waals surface area contributed by atoms with Gasteiger partial charge in [-0.05, 0) is 17.7 Å². The Morgan fingerprint density at radius 3 is 2.55 bits per heavy atom. The number of hydrogen-bond acceptors (Lipinski definition) is 6. The summed E-state index contributed by atoms with van der Waals surface area (Å²) >= 11 is 0. The SMILES string of the molecule is COc1ccc(CO[C@H]2C[C@H](O)[C@@H](CO)O[C@@H]2O)cc1. The van der Waals surface area contributed by atoms with E-state index in [-0.39, 0.29) is 13.0 Å². The summed E-state index contributed by atoms with van der Waals surface area (Å²) in [6.07, 6.45) is -3.14. The van der Waals surface area contributed by atoms with E-state index in [1.165, 1.54) is 0 Å². The summed E-state index contributed by atoms with van der Waals surface area (Å²) in [4.78, 5) is 0. The lowest BCUT2D eigenvalue weighted by Crippen LogP contribution is -2.49. The molecule has 1 aromatic carbocycles. The maximum Gasteiger partial charge on any atom is 0.181 e. The van der Waals surface area contributed by atoms with Crippen molar-refractivity contribution < 1.29 is 29.5 Å². The summed E-state index contributed by atoms with van der Waals surface area (Å²) < 4.78 is 15.7. The molecule has 0 spiro atoms. The van der Waals surface area contributed by atoms with Gasteiger partial charge in [-0.2, -0.15) is 0 Å². The topological polar surface area (TPSA) is 88.4 Å². The van der Waals surface area contributed by atoms with Gasteiger partial charge in [0.05, 0.1) is 26.4 Å². The summed E-state index contributed by atoms with van der Waals surface area (Å²) in [7, 11) is 1.60. The molecule has 1 aliphatic heterocycles. The summed E-state index contributed by atoms with van der Waals surface area (Å²) in [5.74, 6) is 0.760. The number of methoxy groups -OCH3 is 1. The molecular weight excluding hydrogens is 264 g/mol.